The van der Waals surface area contributed by atoms with Crippen LogP contribution in [0.4, 0.5) is 10.1 Å². The molecule has 0 saturated carbocycles. The molecule has 114 valence electrons. The van der Waals surface area contributed by atoms with Crippen LogP contribution in [0.15, 0.2) is 48.5 Å². The van der Waals surface area contributed by atoms with Crippen LogP contribution >= 0.6 is 0 Å². The van der Waals surface area contributed by atoms with Crippen molar-refractivity contribution in [1.82, 2.24) is 0 Å². The lowest BCUT2D eigenvalue weighted by Gasteiger charge is -2.16. The molecule has 2 aromatic carbocycles. The highest BCUT2D eigenvalue weighted by atomic mass is 19.1. The number of hydrogen-bond donors (Lipinski definition) is 1. The Kier molecular flexibility index (Phi) is 4.88. The summed E-state index contributed by atoms with van der Waals surface area (Å²) in [5, 5.41) is 2.66. The van der Waals surface area contributed by atoms with Crippen LogP contribution in [0.2, 0.25) is 0 Å². The lowest BCUT2D eigenvalue weighted by Crippen LogP contribution is -2.30. The van der Waals surface area contributed by atoms with Crippen molar-refractivity contribution >= 4 is 17.4 Å². The van der Waals surface area contributed by atoms with Gasteiger partial charge in [0.15, 0.2) is 11.9 Å². The molecule has 0 fully saturated rings. The zero-order chi connectivity index (χ0) is 16.1. The summed E-state index contributed by atoms with van der Waals surface area (Å²) in [6.07, 6.45) is -0.787. The highest BCUT2D eigenvalue weighted by Gasteiger charge is 2.17. The Morgan fingerprint density at radius 2 is 1.73 bits per heavy atom. The van der Waals surface area contributed by atoms with Crippen LogP contribution in [0.3, 0.4) is 0 Å². The maximum Gasteiger partial charge on any atom is 0.265 e. The van der Waals surface area contributed by atoms with Gasteiger partial charge in [0, 0.05) is 5.56 Å². The molecule has 0 aromatic heterocycles. The van der Waals surface area contributed by atoms with Crippen molar-refractivity contribution in [2.24, 2.45) is 0 Å². The molecule has 0 aliphatic heterocycles. The van der Waals surface area contributed by atoms with Gasteiger partial charge in [0.05, 0.1) is 5.69 Å². The van der Waals surface area contributed by atoms with Crippen LogP contribution in [-0.4, -0.2) is 17.8 Å². The van der Waals surface area contributed by atoms with E-state index in [-0.39, 0.29) is 11.6 Å². The first-order chi connectivity index (χ1) is 10.5. The van der Waals surface area contributed by atoms with E-state index in [1.54, 1.807) is 31.2 Å². The summed E-state index contributed by atoms with van der Waals surface area (Å²) < 4.78 is 18.3. The molecule has 22 heavy (non-hydrogen) atoms. The predicted octanol–water partition coefficient (Wildman–Crippen LogP) is 3.43. The normalized spacial score (nSPS) is 11.6. The van der Waals surface area contributed by atoms with Gasteiger partial charge in [0.2, 0.25) is 0 Å². The van der Waals surface area contributed by atoms with Gasteiger partial charge in [-0.05, 0) is 50.2 Å². The second-order valence-electron chi connectivity index (χ2n) is 4.81. The third-order valence-corrected chi connectivity index (χ3v) is 3.06. The molecule has 0 saturated heterocycles. The van der Waals surface area contributed by atoms with Crippen molar-refractivity contribution in [3.8, 4) is 5.75 Å². The number of ketones is 1. The number of Topliss-reactive ketones (excluding diaryl/α,β-unsaturated/α-hetero) is 1. The number of benzene rings is 2. The van der Waals surface area contributed by atoms with Gasteiger partial charge in [-0.3, -0.25) is 9.59 Å². The van der Waals surface area contributed by atoms with Crippen molar-refractivity contribution < 1.29 is 18.7 Å². The van der Waals surface area contributed by atoms with E-state index in [0.29, 0.717) is 17.0 Å². The predicted molar refractivity (Wildman–Crippen MR) is 81.6 cm³/mol. The summed E-state index contributed by atoms with van der Waals surface area (Å²) in [4.78, 5) is 23.7. The number of carbonyl (C=O) groups is 2. The number of nitrogens with one attached hydrogen (secondary N) is 1. The number of carbonyl (C=O) groups excluding carboxylic acids is 2. The SMILES string of the molecule is CC(=O)c1ccccc1NC(=O)C(C)Oc1ccc(F)cc1. The first kappa shape index (κ1) is 15.7. The second-order valence-corrected chi connectivity index (χ2v) is 4.81. The fraction of sp³-hybridized carbons (Fsp3) is 0.176. The smallest absolute Gasteiger partial charge is 0.265 e. The number of ether oxygens (including phenoxy) is 1. The number of rotatable bonds is 5. The summed E-state index contributed by atoms with van der Waals surface area (Å²) in [5.74, 6) is -0.509. The molecule has 1 N–H and O–H groups in total. The van der Waals surface area contributed by atoms with Gasteiger partial charge in [0.25, 0.3) is 5.91 Å². The average Bonchev–Trinajstić information content (AvgIpc) is 2.49. The Bertz CT molecular complexity index is 683. The molecule has 2 aromatic rings. The molecule has 4 nitrogen and oxygen atoms in total. The summed E-state index contributed by atoms with van der Waals surface area (Å²) in [6, 6.07) is 12.2. The van der Waals surface area contributed by atoms with E-state index < -0.39 is 12.0 Å². The van der Waals surface area contributed by atoms with Gasteiger partial charge >= 0.3 is 0 Å². The fourth-order valence-electron chi connectivity index (χ4n) is 1.90. The average molecular weight is 301 g/mol. The van der Waals surface area contributed by atoms with Gasteiger partial charge in [-0.2, -0.15) is 0 Å². The first-order valence-corrected chi connectivity index (χ1v) is 6.80. The Morgan fingerprint density at radius 3 is 2.36 bits per heavy atom. The molecule has 1 unspecified atom stereocenters. The standard InChI is InChI=1S/C17H16FNO3/c1-11(20)15-5-3-4-6-16(15)19-17(21)12(2)22-14-9-7-13(18)8-10-14/h3-10,12H,1-2H3,(H,19,21). The van der Waals surface area contributed by atoms with E-state index in [1.165, 1.54) is 31.2 Å². The summed E-state index contributed by atoms with van der Waals surface area (Å²) in [7, 11) is 0. The zero-order valence-corrected chi connectivity index (χ0v) is 12.3. The van der Waals surface area contributed by atoms with Gasteiger partial charge in [-0.25, -0.2) is 4.39 Å². The molecule has 0 spiro atoms. The second kappa shape index (κ2) is 6.85. The molecule has 0 aliphatic carbocycles. The Hall–Kier alpha value is -2.69. The topological polar surface area (TPSA) is 55.4 Å². The molecule has 5 heteroatoms. The molecule has 1 atom stereocenters. The van der Waals surface area contributed by atoms with E-state index in [2.05, 4.69) is 5.32 Å². The highest BCUT2D eigenvalue weighted by molar-refractivity contribution is 6.04. The third kappa shape index (κ3) is 3.91. The molecule has 0 radical (unpaired) electrons. The van der Waals surface area contributed by atoms with E-state index in [0.717, 1.165) is 0 Å². The van der Waals surface area contributed by atoms with Gasteiger partial charge < -0.3 is 10.1 Å². The number of anilines is 1. The Labute approximate surface area is 127 Å². The minimum absolute atomic E-state index is 0.136. The summed E-state index contributed by atoms with van der Waals surface area (Å²) >= 11 is 0. The molecule has 1 amide bonds. The van der Waals surface area contributed by atoms with E-state index >= 15 is 0 Å². The minimum Gasteiger partial charge on any atom is -0.481 e. The number of hydrogen-bond acceptors (Lipinski definition) is 3. The largest absolute Gasteiger partial charge is 0.481 e. The highest BCUT2D eigenvalue weighted by Crippen LogP contribution is 2.17. The van der Waals surface area contributed by atoms with Gasteiger partial charge in [-0.15, -0.1) is 0 Å². The fourth-order valence-corrected chi connectivity index (χ4v) is 1.90. The van der Waals surface area contributed by atoms with E-state index in [4.69, 9.17) is 4.74 Å². The zero-order valence-electron chi connectivity index (χ0n) is 12.3. The molecular weight excluding hydrogens is 285 g/mol. The van der Waals surface area contributed by atoms with Crippen LogP contribution in [0.1, 0.15) is 24.2 Å². The monoisotopic (exact) mass is 301 g/mol. The Balaban J connectivity index is 2.05. The number of halogens is 1. The van der Waals surface area contributed by atoms with Crippen LogP contribution in [-0.2, 0) is 4.79 Å². The van der Waals surface area contributed by atoms with Gasteiger partial charge in [-0.1, -0.05) is 12.1 Å². The quantitative estimate of drug-likeness (QED) is 0.861. The van der Waals surface area contributed by atoms with Crippen molar-refractivity contribution in [2.45, 2.75) is 20.0 Å². The van der Waals surface area contributed by atoms with Gasteiger partial charge in [0.1, 0.15) is 11.6 Å². The lowest BCUT2D eigenvalue weighted by molar-refractivity contribution is -0.122. The summed E-state index contributed by atoms with van der Waals surface area (Å²) in [6.45, 7) is 3.01. The number of para-hydroxylation sites is 1. The molecular formula is C17H16FNO3. The molecule has 0 heterocycles. The van der Waals surface area contributed by atoms with Crippen molar-refractivity contribution in [3.63, 3.8) is 0 Å². The molecule has 2 rings (SSSR count). The third-order valence-electron chi connectivity index (χ3n) is 3.06. The van der Waals surface area contributed by atoms with Crippen LogP contribution in [0.25, 0.3) is 0 Å². The maximum absolute atomic E-state index is 12.8. The molecule has 0 bridgehead atoms. The molecule has 0 aliphatic rings. The minimum atomic E-state index is -0.787. The Morgan fingerprint density at radius 1 is 1.09 bits per heavy atom. The van der Waals surface area contributed by atoms with Crippen LogP contribution in [0.5, 0.6) is 5.75 Å². The first-order valence-electron chi connectivity index (χ1n) is 6.80. The lowest BCUT2D eigenvalue weighted by atomic mass is 10.1. The van der Waals surface area contributed by atoms with E-state index in [1.807, 2.05) is 0 Å². The van der Waals surface area contributed by atoms with Crippen molar-refractivity contribution in [2.75, 3.05) is 5.32 Å². The summed E-state index contributed by atoms with van der Waals surface area (Å²) in [5.41, 5.74) is 0.874. The van der Waals surface area contributed by atoms with Crippen molar-refractivity contribution in [3.05, 3.63) is 59.9 Å². The van der Waals surface area contributed by atoms with Crippen LogP contribution in [0, 0.1) is 5.82 Å². The van der Waals surface area contributed by atoms with E-state index in [9.17, 15) is 14.0 Å². The number of amides is 1. The maximum atomic E-state index is 12.8. The van der Waals surface area contributed by atoms with Crippen molar-refractivity contribution in [1.29, 1.82) is 0 Å². The van der Waals surface area contributed by atoms with Crippen LogP contribution < -0.4 is 10.1 Å².